The predicted molar refractivity (Wildman–Crippen MR) is 133 cm³/mol. The van der Waals surface area contributed by atoms with Gasteiger partial charge in [0.1, 0.15) is 0 Å². The van der Waals surface area contributed by atoms with Crippen molar-refractivity contribution in [3.05, 3.63) is 76.1 Å². The number of phenolic OH excluding ortho intramolecular Hbond substituents is 2. The van der Waals surface area contributed by atoms with E-state index in [1.54, 1.807) is 38.1 Å². The maximum Gasteiger partial charge on any atom is 0.273 e. The van der Waals surface area contributed by atoms with Gasteiger partial charge in [0.15, 0.2) is 23.0 Å². The van der Waals surface area contributed by atoms with Crippen LogP contribution in [0.4, 0.5) is 0 Å². The Morgan fingerprint density at radius 3 is 1.56 bits per heavy atom. The number of rotatable bonds is 8. The van der Waals surface area contributed by atoms with Gasteiger partial charge < -0.3 is 19.7 Å². The number of hydrogen-bond donors (Lipinski definition) is 4. The van der Waals surface area contributed by atoms with E-state index in [9.17, 15) is 19.8 Å². The SMILES string of the molecule is COc1ccc(/C=N/NC(=O)c2cc(C(=O)N/N=C/c3ccc(OC)c(O)c3)c(C)nc2C)cc1O. The Morgan fingerprint density at radius 2 is 1.19 bits per heavy atom. The summed E-state index contributed by atoms with van der Waals surface area (Å²) >= 11 is 0. The molecule has 3 rings (SSSR count). The highest BCUT2D eigenvalue weighted by molar-refractivity contribution is 6.01. The van der Waals surface area contributed by atoms with E-state index in [0.29, 0.717) is 34.0 Å². The van der Waals surface area contributed by atoms with Gasteiger partial charge in [-0.3, -0.25) is 14.6 Å². The van der Waals surface area contributed by atoms with Gasteiger partial charge in [-0.1, -0.05) is 0 Å². The maximum absolute atomic E-state index is 12.7. The number of ether oxygens (including phenoxy) is 2. The molecular weight excluding hydrogens is 466 g/mol. The molecule has 1 heterocycles. The molecule has 0 atom stereocenters. The Kier molecular flexibility index (Phi) is 8.18. The topological polar surface area (TPSA) is 155 Å². The number of aromatic hydroxyl groups is 2. The molecule has 186 valence electrons. The summed E-state index contributed by atoms with van der Waals surface area (Å²) in [4.78, 5) is 29.6. The molecule has 11 heteroatoms. The third kappa shape index (κ3) is 6.14. The molecule has 4 N–H and O–H groups in total. The van der Waals surface area contributed by atoms with E-state index in [4.69, 9.17) is 9.47 Å². The summed E-state index contributed by atoms with van der Waals surface area (Å²) in [6.07, 6.45) is 2.71. The fourth-order valence-electron chi connectivity index (χ4n) is 3.21. The molecular formula is C25H25N5O6. The first kappa shape index (κ1) is 25.7. The summed E-state index contributed by atoms with van der Waals surface area (Å²) < 4.78 is 9.97. The first-order valence-electron chi connectivity index (χ1n) is 10.6. The van der Waals surface area contributed by atoms with Crippen molar-refractivity contribution in [3.63, 3.8) is 0 Å². The lowest BCUT2D eigenvalue weighted by Crippen LogP contribution is -2.23. The van der Waals surface area contributed by atoms with Crippen molar-refractivity contribution in [2.45, 2.75) is 13.8 Å². The maximum atomic E-state index is 12.7. The van der Waals surface area contributed by atoms with Crippen molar-refractivity contribution in [2.75, 3.05) is 14.2 Å². The van der Waals surface area contributed by atoms with Crippen LogP contribution in [-0.2, 0) is 0 Å². The van der Waals surface area contributed by atoms with Gasteiger partial charge in [0.2, 0.25) is 0 Å². The normalized spacial score (nSPS) is 11.0. The van der Waals surface area contributed by atoms with Crippen LogP contribution in [0.25, 0.3) is 0 Å². The molecule has 0 aliphatic rings. The Labute approximate surface area is 207 Å². The minimum absolute atomic E-state index is 0.0616. The van der Waals surface area contributed by atoms with Gasteiger partial charge in [-0.2, -0.15) is 10.2 Å². The number of nitrogens with one attached hydrogen (secondary N) is 2. The number of methoxy groups -OCH3 is 2. The lowest BCUT2D eigenvalue weighted by atomic mass is 10.1. The Bertz CT molecular complexity index is 1250. The lowest BCUT2D eigenvalue weighted by molar-refractivity contribution is 0.0954. The van der Waals surface area contributed by atoms with Crippen LogP contribution in [0.1, 0.15) is 43.2 Å². The van der Waals surface area contributed by atoms with Crippen molar-refractivity contribution < 1.29 is 29.3 Å². The summed E-state index contributed by atoms with van der Waals surface area (Å²) in [5, 5.41) is 27.5. The fraction of sp³-hybridized carbons (Fsp3) is 0.160. The molecule has 0 unspecified atom stereocenters. The molecule has 36 heavy (non-hydrogen) atoms. The number of carbonyl (C=O) groups is 2. The van der Waals surface area contributed by atoms with E-state index in [2.05, 4.69) is 26.0 Å². The molecule has 2 amide bonds. The summed E-state index contributed by atoms with van der Waals surface area (Å²) in [6, 6.07) is 10.7. The second-order valence-corrected chi connectivity index (χ2v) is 7.52. The monoisotopic (exact) mass is 491 g/mol. The first-order valence-corrected chi connectivity index (χ1v) is 10.6. The number of benzene rings is 2. The van der Waals surface area contributed by atoms with Crippen LogP contribution in [0.2, 0.25) is 0 Å². The van der Waals surface area contributed by atoms with Crippen LogP contribution in [0.3, 0.4) is 0 Å². The van der Waals surface area contributed by atoms with Crippen molar-refractivity contribution in [1.29, 1.82) is 0 Å². The molecule has 0 aliphatic heterocycles. The zero-order chi connectivity index (χ0) is 26.2. The van der Waals surface area contributed by atoms with Crippen LogP contribution in [0.5, 0.6) is 23.0 Å². The molecule has 0 aliphatic carbocycles. The fourth-order valence-corrected chi connectivity index (χ4v) is 3.21. The number of hydrazone groups is 2. The van der Waals surface area contributed by atoms with Crippen LogP contribution in [0.15, 0.2) is 52.7 Å². The molecule has 0 spiro atoms. The summed E-state index contributed by atoms with van der Waals surface area (Å²) in [6.45, 7) is 3.28. The summed E-state index contributed by atoms with van der Waals surface area (Å²) in [7, 11) is 2.88. The van der Waals surface area contributed by atoms with E-state index in [1.165, 1.54) is 44.8 Å². The number of nitrogens with zero attached hydrogens (tertiary/aromatic N) is 3. The number of aromatic nitrogens is 1. The van der Waals surface area contributed by atoms with Crippen LogP contribution in [-0.4, -0.2) is 53.7 Å². The molecule has 0 saturated carbocycles. The summed E-state index contributed by atoms with van der Waals surface area (Å²) in [5.74, 6) is -0.632. The highest BCUT2D eigenvalue weighted by atomic mass is 16.5. The Morgan fingerprint density at radius 1 is 0.778 bits per heavy atom. The smallest absolute Gasteiger partial charge is 0.273 e. The quantitative estimate of drug-likeness (QED) is 0.279. The molecule has 0 fully saturated rings. The molecule has 11 nitrogen and oxygen atoms in total. The zero-order valence-electron chi connectivity index (χ0n) is 20.1. The highest BCUT2D eigenvalue weighted by Gasteiger charge is 2.17. The third-order valence-corrected chi connectivity index (χ3v) is 5.06. The van der Waals surface area contributed by atoms with E-state index in [-0.39, 0.29) is 22.6 Å². The first-order chi connectivity index (χ1) is 17.2. The number of aryl methyl sites for hydroxylation is 2. The third-order valence-electron chi connectivity index (χ3n) is 5.06. The second-order valence-electron chi connectivity index (χ2n) is 7.52. The van der Waals surface area contributed by atoms with Crippen molar-refractivity contribution >= 4 is 24.2 Å². The van der Waals surface area contributed by atoms with E-state index in [0.717, 1.165) is 0 Å². The minimum atomic E-state index is -0.569. The van der Waals surface area contributed by atoms with Crippen LogP contribution in [0, 0.1) is 13.8 Å². The number of hydrogen-bond acceptors (Lipinski definition) is 9. The van der Waals surface area contributed by atoms with E-state index >= 15 is 0 Å². The molecule has 1 aromatic heterocycles. The zero-order valence-corrected chi connectivity index (χ0v) is 20.1. The Balaban J connectivity index is 1.70. The standard InChI is InChI=1S/C25H25N5O6/c1-14-18(24(33)29-26-12-16-5-7-22(35-3)20(31)9-16)11-19(15(2)28-14)25(34)30-27-13-17-6-8-23(36-4)21(32)10-17/h5-13,31-32H,1-4H3,(H,29,33)(H,30,34)/b26-12+,27-13+. The molecule has 2 aromatic carbocycles. The number of carbonyl (C=O) groups excluding carboxylic acids is 2. The average Bonchev–Trinajstić information content (AvgIpc) is 2.84. The van der Waals surface area contributed by atoms with Gasteiger partial charge in [0.25, 0.3) is 11.8 Å². The van der Waals surface area contributed by atoms with Crippen LogP contribution < -0.4 is 20.3 Å². The average molecular weight is 492 g/mol. The van der Waals surface area contributed by atoms with Gasteiger partial charge in [-0.15, -0.1) is 0 Å². The molecule has 3 aromatic rings. The molecule has 0 radical (unpaired) electrons. The van der Waals surface area contributed by atoms with Crippen molar-refractivity contribution in [1.82, 2.24) is 15.8 Å². The highest BCUT2D eigenvalue weighted by Crippen LogP contribution is 2.26. The van der Waals surface area contributed by atoms with Gasteiger partial charge >= 0.3 is 0 Å². The van der Waals surface area contributed by atoms with Gasteiger partial charge in [-0.25, -0.2) is 10.9 Å². The summed E-state index contributed by atoms with van der Waals surface area (Å²) in [5.41, 5.74) is 6.98. The number of phenols is 2. The van der Waals surface area contributed by atoms with Gasteiger partial charge in [0, 0.05) is 0 Å². The second kappa shape index (κ2) is 11.5. The van der Waals surface area contributed by atoms with Gasteiger partial charge in [-0.05, 0) is 67.4 Å². The molecule has 0 saturated heterocycles. The van der Waals surface area contributed by atoms with Gasteiger partial charge in [0.05, 0.1) is 49.2 Å². The van der Waals surface area contributed by atoms with E-state index < -0.39 is 11.8 Å². The van der Waals surface area contributed by atoms with E-state index in [1.807, 2.05) is 0 Å². The number of pyridine rings is 1. The lowest BCUT2D eigenvalue weighted by Gasteiger charge is -2.09. The largest absolute Gasteiger partial charge is 0.504 e. The minimum Gasteiger partial charge on any atom is -0.504 e. The predicted octanol–water partition coefficient (Wildman–Crippen LogP) is 2.65. The molecule has 0 bridgehead atoms. The van der Waals surface area contributed by atoms with Crippen molar-refractivity contribution in [3.8, 4) is 23.0 Å². The van der Waals surface area contributed by atoms with Crippen molar-refractivity contribution in [2.24, 2.45) is 10.2 Å². The van der Waals surface area contributed by atoms with Crippen LogP contribution >= 0.6 is 0 Å². The Hall–Kier alpha value is -4.93. The number of amides is 2.